The molecule has 0 radical (unpaired) electrons. The van der Waals surface area contributed by atoms with Gasteiger partial charge in [0.15, 0.2) is 0 Å². The number of carbonyl (C=O) groups excluding carboxylic acids is 2. The highest BCUT2D eigenvalue weighted by Crippen LogP contribution is 2.38. The van der Waals surface area contributed by atoms with E-state index >= 15 is 0 Å². The number of hydrogen-bond acceptors (Lipinski definition) is 2. The Morgan fingerprint density at radius 2 is 1.84 bits per heavy atom. The molecular weight excluding hydrogens is 240 g/mol. The number of hydrogen-bond donors (Lipinski definition) is 2. The maximum atomic E-state index is 12.4. The molecule has 0 bridgehead atoms. The summed E-state index contributed by atoms with van der Waals surface area (Å²) in [6.45, 7) is 7.89. The Balaban J connectivity index is 2.78. The van der Waals surface area contributed by atoms with Crippen molar-refractivity contribution in [2.24, 2.45) is 23.5 Å². The van der Waals surface area contributed by atoms with Crippen LogP contribution in [0.2, 0.25) is 0 Å². The van der Waals surface area contributed by atoms with Gasteiger partial charge in [-0.3, -0.25) is 9.59 Å². The van der Waals surface area contributed by atoms with Gasteiger partial charge >= 0.3 is 0 Å². The lowest BCUT2D eigenvalue weighted by Gasteiger charge is -2.28. The first-order chi connectivity index (χ1) is 8.74. The molecule has 0 aromatic rings. The summed E-state index contributed by atoms with van der Waals surface area (Å²) in [7, 11) is 0. The van der Waals surface area contributed by atoms with Crippen molar-refractivity contribution in [2.45, 2.75) is 65.3 Å². The van der Waals surface area contributed by atoms with Crippen molar-refractivity contribution in [3.8, 4) is 0 Å². The van der Waals surface area contributed by atoms with E-state index in [2.05, 4.69) is 5.32 Å². The van der Waals surface area contributed by atoms with Crippen molar-refractivity contribution in [1.29, 1.82) is 0 Å². The van der Waals surface area contributed by atoms with E-state index in [0.29, 0.717) is 12.3 Å². The fraction of sp³-hybridized carbons (Fsp3) is 0.867. The Kier molecular flexibility index (Phi) is 5.39. The number of amides is 2. The molecular formula is C15H28N2O2. The molecule has 1 aliphatic carbocycles. The maximum absolute atomic E-state index is 12.4. The molecule has 4 heteroatoms. The molecule has 0 aromatic carbocycles. The molecule has 2 atom stereocenters. The van der Waals surface area contributed by atoms with Gasteiger partial charge in [-0.25, -0.2) is 0 Å². The topological polar surface area (TPSA) is 72.2 Å². The molecule has 0 heterocycles. The van der Waals surface area contributed by atoms with Crippen LogP contribution in [0.1, 0.15) is 59.8 Å². The molecule has 3 N–H and O–H groups in total. The average Bonchev–Trinajstić information content (AvgIpc) is 3.04. The molecule has 0 aromatic heterocycles. The molecule has 1 rings (SSSR count). The molecule has 0 aliphatic heterocycles. The highest BCUT2D eigenvalue weighted by Gasteiger charge is 2.37. The summed E-state index contributed by atoms with van der Waals surface area (Å²) in [5, 5.41) is 3.00. The van der Waals surface area contributed by atoms with E-state index in [1.165, 1.54) is 12.8 Å². The van der Waals surface area contributed by atoms with Crippen LogP contribution < -0.4 is 11.1 Å². The third kappa shape index (κ3) is 5.62. The summed E-state index contributed by atoms with van der Waals surface area (Å²) in [5.41, 5.74) is 5.23. The summed E-state index contributed by atoms with van der Waals surface area (Å²) in [4.78, 5) is 24.1. The van der Waals surface area contributed by atoms with E-state index in [0.717, 1.165) is 12.8 Å². The zero-order chi connectivity index (χ0) is 14.6. The van der Waals surface area contributed by atoms with Gasteiger partial charge in [-0.2, -0.15) is 0 Å². The minimum Gasteiger partial charge on any atom is -0.369 e. The standard InChI is InChI=1S/C15H28N2O2/c1-5-6-11(13(16)18)12(9-10-7-8-10)14(19)17-15(2,3)4/h10-12H,5-9H2,1-4H3,(H2,16,18)(H,17,19)/t11-,12?/m0/s1. The van der Waals surface area contributed by atoms with Crippen LogP contribution in [-0.2, 0) is 9.59 Å². The molecule has 0 saturated heterocycles. The first-order valence-electron chi connectivity index (χ1n) is 7.36. The van der Waals surface area contributed by atoms with Crippen LogP contribution in [0.3, 0.4) is 0 Å². The van der Waals surface area contributed by atoms with Gasteiger partial charge in [0, 0.05) is 17.4 Å². The van der Waals surface area contributed by atoms with Gasteiger partial charge in [0.05, 0.1) is 0 Å². The molecule has 4 nitrogen and oxygen atoms in total. The smallest absolute Gasteiger partial charge is 0.224 e. The van der Waals surface area contributed by atoms with Gasteiger partial charge in [0.1, 0.15) is 0 Å². The van der Waals surface area contributed by atoms with E-state index in [1.54, 1.807) is 0 Å². The van der Waals surface area contributed by atoms with Gasteiger partial charge in [0.25, 0.3) is 0 Å². The van der Waals surface area contributed by atoms with Gasteiger partial charge in [-0.15, -0.1) is 0 Å². The van der Waals surface area contributed by atoms with Crippen LogP contribution in [0.4, 0.5) is 0 Å². The lowest BCUT2D eigenvalue weighted by atomic mass is 9.83. The third-order valence-electron chi connectivity index (χ3n) is 3.57. The Bertz CT molecular complexity index is 330. The van der Waals surface area contributed by atoms with Crippen molar-refractivity contribution in [1.82, 2.24) is 5.32 Å². The molecule has 0 spiro atoms. The first-order valence-corrected chi connectivity index (χ1v) is 7.36. The second-order valence-corrected chi connectivity index (χ2v) is 6.82. The maximum Gasteiger partial charge on any atom is 0.224 e. The average molecular weight is 268 g/mol. The monoisotopic (exact) mass is 268 g/mol. The summed E-state index contributed by atoms with van der Waals surface area (Å²) in [6.07, 6.45) is 4.73. The SMILES string of the molecule is CCC[C@H](C(N)=O)C(CC1CC1)C(=O)NC(C)(C)C. The highest BCUT2D eigenvalue weighted by molar-refractivity contribution is 5.87. The number of nitrogens with two attached hydrogens (primary N) is 1. The third-order valence-corrected chi connectivity index (χ3v) is 3.57. The number of nitrogens with one attached hydrogen (secondary N) is 1. The quantitative estimate of drug-likeness (QED) is 0.743. The molecule has 1 fully saturated rings. The van der Waals surface area contributed by atoms with E-state index in [-0.39, 0.29) is 29.2 Å². The molecule has 19 heavy (non-hydrogen) atoms. The Morgan fingerprint density at radius 3 is 2.21 bits per heavy atom. The summed E-state index contributed by atoms with van der Waals surface area (Å²) in [5.74, 6) is -0.334. The van der Waals surface area contributed by atoms with E-state index in [4.69, 9.17) is 5.73 Å². The summed E-state index contributed by atoms with van der Waals surface area (Å²) in [6, 6.07) is 0. The Labute approximate surface area is 116 Å². The van der Waals surface area contributed by atoms with Gasteiger partial charge in [-0.1, -0.05) is 26.2 Å². The lowest BCUT2D eigenvalue weighted by molar-refractivity contribution is -0.135. The first kappa shape index (κ1) is 16.0. The predicted octanol–water partition coefficient (Wildman–Crippen LogP) is 2.22. The van der Waals surface area contributed by atoms with E-state index < -0.39 is 0 Å². The molecule has 110 valence electrons. The second-order valence-electron chi connectivity index (χ2n) is 6.82. The molecule has 2 amide bonds. The van der Waals surface area contributed by atoms with Crippen molar-refractivity contribution >= 4 is 11.8 Å². The largest absolute Gasteiger partial charge is 0.369 e. The van der Waals surface area contributed by atoms with Crippen molar-refractivity contribution in [3.63, 3.8) is 0 Å². The normalized spacial score (nSPS) is 18.7. The zero-order valence-corrected chi connectivity index (χ0v) is 12.7. The second kappa shape index (κ2) is 6.40. The van der Waals surface area contributed by atoms with Crippen LogP contribution in [0.15, 0.2) is 0 Å². The van der Waals surface area contributed by atoms with Crippen LogP contribution >= 0.6 is 0 Å². The highest BCUT2D eigenvalue weighted by atomic mass is 16.2. The van der Waals surface area contributed by atoms with Gasteiger partial charge in [-0.05, 0) is 39.5 Å². The van der Waals surface area contributed by atoms with E-state index in [9.17, 15) is 9.59 Å². The van der Waals surface area contributed by atoms with Crippen molar-refractivity contribution in [3.05, 3.63) is 0 Å². The fourth-order valence-corrected chi connectivity index (χ4v) is 2.48. The number of carbonyl (C=O) groups is 2. The fourth-order valence-electron chi connectivity index (χ4n) is 2.48. The van der Waals surface area contributed by atoms with E-state index in [1.807, 2.05) is 27.7 Å². The lowest BCUT2D eigenvalue weighted by Crippen LogP contribution is -2.47. The predicted molar refractivity (Wildman–Crippen MR) is 76.3 cm³/mol. The molecule has 1 saturated carbocycles. The summed E-state index contributed by atoms with van der Waals surface area (Å²) >= 11 is 0. The summed E-state index contributed by atoms with van der Waals surface area (Å²) < 4.78 is 0. The zero-order valence-electron chi connectivity index (χ0n) is 12.7. The van der Waals surface area contributed by atoms with Crippen LogP contribution in [0, 0.1) is 17.8 Å². The van der Waals surface area contributed by atoms with Crippen LogP contribution in [-0.4, -0.2) is 17.4 Å². The minimum atomic E-state index is -0.337. The van der Waals surface area contributed by atoms with Crippen LogP contribution in [0.25, 0.3) is 0 Å². The van der Waals surface area contributed by atoms with Gasteiger partial charge < -0.3 is 11.1 Å². The van der Waals surface area contributed by atoms with Crippen molar-refractivity contribution in [2.75, 3.05) is 0 Å². The Hall–Kier alpha value is -1.06. The van der Waals surface area contributed by atoms with Gasteiger partial charge in [0.2, 0.25) is 11.8 Å². The van der Waals surface area contributed by atoms with Crippen molar-refractivity contribution < 1.29 is 9.59 Å². The molecule has 1 unspecified atom stereocenters. The van der Waals surface area contributed by atoms with Crippen LogP contribution in [0.5, 0.6) is 0 Å². The number of rotatable bonds is 7. The minimum absolute atomic E-state index is 0.0170. The number of primary amides is 1. The Morgan fingerprint density at radius 1 is 1.26 bits per heavy atom. The molecule has 1 aliphatic rings.